The maximum atomic E-state index is 12.7. The number of amides is 2. The number of aryl methyl sites for hydroxylation is 2. The number of benzene rings is 2. The van der Waals surface area contributed by atoms with E-state index in [0.717, 1.165) is 19.5 Å². The fraction of sp³-hybridized carbons (Fsp3) is 0.364. The van der Waals surface area contributed by atoms with E-state index in [0.29, 0.717) is 24.3 Å². The molecule has 0 spiro atoms. The van der Waals surface area contributed by atoms with Crippen molar-refractivity contribution < 1.29 is 14.3 Å². The number of ether oxygens (including phenoxy) is 1. The molecule has 1 saturated heterocycles. The number of esters is 1. The van der Waals surface area contributed by atoms with Crippen molar-refractivity contribution in [3.63, 3.8) is 0 Å². The second-order valence-electron chi connectivity index (χ2n) is 6.88. The van der Waals surface area contributed by atoms with Crippen LogP contribution in [0.15, 0.2) is 42.5 Å². The summed E-state index contributed by atoms with van der Waals surface area (Å²) in [6.45, 7) is 7.12. The minimum Gasteiger partial charge on any atom is -0.465 e. The molecule has 2 aromatic carbocycles. The van der Waals surface area contributed by atoms with Crippen molar-refractivity contribution >= 4 is 23.4 Å². The number of carbonyl (C=O) groups is 2. The summed E-state index contributed by atoms with van der Waals surface area (Å²) in [5, 5.41) is 2.85. The van der Waals surface area contributed by atoms with Gasteiger partial charge in [-0.25, -0.2) is 9.59 Å². The normalized spacial score (nSPS) is 14.0. The molecule has 28 heavy (non-hydrogen) atoms. The number of urea groups is 1. The Bertz CT molecular complexity index is 858. The maximum absolute atomic E-state index is 12.7. The Morgan fingerprint density at radius 2 is 1.75 bits per heavy atom. The van der Waals surface area contributed by atoms with Crippen molar-refractivity contribution in [3.8, 4) is 0 Å². The number of nitrogens with zero attached hydrogens (tertiary/aromatic N) is 2. The molecule has 0 aromatic heterocycles. The van der Waals surface area contributed by atoms with Gasteiger partial charge in [-0.1, -0.05) is 37.3 Å². The second kappa shape index (κ2) is 8.78. The fourth-order valence-corrected chi connectivity index (χ4v) is 3.66. The molecule has 0 aliphatic carbocycles. The molecule has 0 saturated carbocycles. The van der Waals surface area contributed by atoms with E-state index in [9.17, 15) is 9.59 Å². The standard InChI is InChI=1S/C22H27N3O3/c1-4-17-9-7-8-16(2)20(17)24-12-14-25(15-13-24)22(27)23-19-11-6-5-10-18(19)21(26)28-3/h5-11H,4,12-15H2,1-3H3,(H,23,27). The zero-order valence-electron chi connectivity index (χ0n) is 16.7. The van der Waals surface area contributed by atoms with Gasteiger partial charge in [0.2, 0.25) is 0 Å². The first-order valence-corrected chi connectivity index (χ1v) is 9.61. The summed E-state index contributed by atoms with van der Waals surface area (Å²) in [5.41, 5.74) is 4.72. The van der Waals surface area contributed by atoms with Gasteiger partial charge in [-0.3, -0.25) is 0 Å². The molecule has 1 heterocycles. The summed E-state index contributed by atoms with van der Waals surface area (Å²) >= 11 is 0. The molecule has 1 aliphatic rings. The molecule has 0 radical (unpaired) electrons. The van der Waals surface area contributed by atoms with Crippen molar-refractivity contribution in [2.45, 2.75) is 20.3 Å². The number of rotatable bonds is 4. The van der Waals surface area contributed by atoms with Crippen LogP contribution in [0, 0.1) is 6.92 Å². The summed E-state index contributed by atoms with van der Waals surface area (Å²) < 4.78 is 4.79. The quantitative estimate of drug-likeness (QED) is 0.821. The SMILES string of the molecule is CCc1cccc(C)c1N1CCN(C(=O)Nc2ccccc2C(=O)OC)CC1. The average Bonchev–Trinajstić information content (AvgIpc) is 2.73. The lowest BCUT2D eigenvalue weighted by Gasteiger charge is -2.37. The zero-order chi connectivity index (χ0) is 20.1. The third-order valence-electron chi connectivity index (χ3n) is 5.16. The summed E-state index contributed by atoms with van der Waals surface area (Å²) in [4.78, 5) is 28.7. The molecule has 2 amide bonds. The Hall–Kier alpha value is -3.02. The van der Waals surface area contributed by atoms with Gasteiger partial charge in [-0.15, -0.1) is 0 Å². The van der Waals surface area contributed by atoms with Gasteiger partial charge in [0, 0.05) is 31.9 Å². The predicted octanol–water partition coefficient (Wildman–Crippen LogP) is 3.70. The van der Waals surface area contributed by atoms with Crippen LogP contribution in [0.1, 0.15) is 28.4 Å². The number of anilines is 2. The van der Waals surface area contributed by atoms with Crippen molar-refractivity contribution in [2.75, 3.05) is 43.5 Å². The van der Waals surface area contributed by atoms with Gasteiger partial charge in [0.25, 0.3) is 0 Å². The average molecular weight is 381 g/mol. The largest absolute Gasteiger partial charge is 0.465 e. The van der Waals surface area contributed by atoms with E-state index in [1.165, 1.54) is 23.9 Å². The number of piperazine rings is 1. The van der Waals surface area contributed by atoms with Gasteiger partial charge in [0.15, 0.2) is 0 Å². The first-order valence-electron chi connectivity index (χ1n) is 9.61. The molecule has 6 nitrogen and oxygen atoms in total. The number of hydrogen-bond acceptors (Lipinski definition) is 4. The first kappa shape index (κ1) is 19.7. The van der Waals surface area contributed by atoms with E-state index >= 15 is 0 Å². The Balaban J connectivity index is 1.66. The van der Waals surface area contributed by atoms with Crippen LogP contribution in [0.3, 0.4) is 0 Å². The minimum atomic E-state index is -0.465. The second-order valence-corrected chi connectivity index (χ2v) is 6.88. The van der Waals surface area contributed by atoms with Crippen LogP contribution >= 0.6 is 0 Å². The van der Waals surface area contributed by atoms with E-state index < -0.39 is 5.97 Å². The summed E-state index contributed by atoms with van der Waals surface area (Å²) in [5.74, 6) is -0.465. The van der Waals surface area contributed by atoms with Crippen LogP contribution in [0.2, 0.25) is 0 Å². The lowest BCUT2D eigenvalue weighted by atomic mass is 10.0. The Labute approximate surface area is 166 Å². The lowest BCUT2D eigenvalue weighted by molar-refractivity contribution is 0.0602. The number of nitrogens with one attached hydrogen (secondary N) is 1. The van der Waals surface area contributed by atoms with Crippen molar-refractivity contribution in [1.29, 1.82) is 0 Å². The van der Waals surface area contributed by atoms with Crippen LogP contribution in [0.4, 0.5) is 16.2 Å². The molecule has 3 rings (SSSR count). The van der Waals surface area contributed by atoms with E-state index in [-0.39, 0.29) is 6.03 Å². The lowest BCUT2D eigenvalue weighted by Crippen LogP contribution is -2.50. The molecule has 1 N–H and O–H groups in total. The number of hydrogen-bond donors (Lipinski definition) is 1. The van der Waals surface area contributed by atoms with Crippen molar-refractivity contribution in [1.82, 2.24) is 4.90 Å². The Morgan fingerprint density at radius 1 is 1.04 bits per heavy atom. The van der Waals surface area contributed by atoms with Gasteiger partial charge in [0.05, 0.1) is 18.4 Å². The summed E-state index contributed by atoms with van der Waals surface area (Å²) in [6, 6.07) is 13.1. The number of para-hydroxylation sites is 2. The zero-order valence-corrected chi connectivity index (χ0v) is 16.7. The molecular formula is C22H27N3O3. The predicted molar refractivity (Wildman–Crippen MR) is 111 cm³/mol. The van der Waals surface area contributed by atoms with Gasteiger partial charge < -0.3 is 19.9 Å². The van der Waals surface area contributed by atoms with Crippen LogP contribution in [0.5, 0.6) is 0 Å². The van der Waals surface area contributed by atoms with Gasteiger partial charge in [-0.05, 0) is 36.6 Å². The Kier molecular flexibility index (Phi) is 6.19. The van der Waals surface area contributed by atoms with Gasteiger partial charge in [-0.2, -0.15) is 0 Å². The molecule has 1 aliphatic heterocycles. The minimum absolute atomic E-state index is 0.198. The fourth-order valence-electron chi connectivity index (χ4n) is 3.66. The van der Waals surface area contributed by atoms with E-state index in [1.54, 1.807) is 29.2 Å². The molecule has 0 bridgehead atoms. The highest BCUT2D eigenvalue weighted by atomic mass is 16.5. The van der Waals surface area contributed by atoms with E-state index in [2.05, 4.69) is 42.3 Å². The van der Waals surface area contributed by atoms with Crippen molar-refractivity contribution in [3.05, 3.63) is 59.2 Å². The molecule has 148 valence electrons. The molecule has 1 fully saturated rings. The van der Waals surface area contributed by atoms with E-state index in [4.69, 9.17) is 4.74 Å². The molecule has 6 heteroatoms. The summed E-state index contributed by atoms with van der Waals surface area (Å²) in [7, 11) is 1.33. The van der Waals surface area contributed by atoms with E-state index in [1.807, 2.05) is 0 Å². The number of carbonyl (C=O) groups excluding carboxylic acids is 2. The third kappa shape index (κ3) is 4.11. The van der Waals surface area contributed by atoms with Crippen LogP contribution in [-0.2, 0) is 11.2 Å². The maximum Gasteiger partial charge on any atom is 0.339 e. The van der Waals surface area contributed by atoms with Crippen LogP contribution in [-0.4, -0.2) is 50.2 Å². The van der Waals surface area contributed by atoms with Crippen LogP contribution < -0.4 is 10.2 Å². The first-order chi connectivity index (χ1) is 13.5. The number of methoxy groups -OCH3 is 1. The van der Waals surface area contributed by atoms with Crippen LogP contribution in [0.25, 0.3) is 0 Å². The smallest absolute Gasteiger partial charge is 0.339 e. The highest BCUT2D eigenvalue weighted by Crippen LogP contribution is 2.27. The molecule has 0 unspecified atom stereocenters. The van der Waals surface area contributed by atoms with Crippen molar-refractivity contribution in [2.24, 2.45) is 0 Å². The monoisotopic (exact) mass is 381 g/mol. The topological polar surface area (TPSA) is 61.9 Å². The third-order valence-corrected chi connectivity index (χ3v) is 5.16. The summed E-state index contributed by atoms with van der Waals surface area (Å²) in [6.07, 6.45) is 0.988. The molecule has 2 aromatic rings. The highest BCUT2D eigenvalue weighted by Gasteiger charge is 2.24. The molecule has 0 atom stereocenters. The van der Waals surface area contributed by atoms with Gasteiger partial charge in [0.1, 0.15) is 0 Å². The Morgan fingerprint density at radius 3 is 2.43 bits per heavy atom. The highest BCUT2D eigenvalue weighted by molar-refractivity contribution is 6.00. The van der Waals surface area contributed by atoms with Gasteiger partial charge >= 0.3 is 12.0 Å². The molecular weight excluding hydrogens is 354 g/mol.